The number of aliphatic hydroxyl groups is 2. The lowest BCUT2D eigenvalue weighted by Gasteiger charge is -2.30. The number of carbonyl (C=O) groups is 12. The van der Waals surface area contributed by atoms with Crippen molar-refractivity contribution in [2.75, 3.05) is 19.8 Å². The molecular formula is C69H98N14O16. The standard InChI is InChI=1S/C69H98N14O16/c1-38(2)28-50(74-41(6)87)61(92)81-56(34-59(89)90)67(98)79-52(30-42-16-9-7-10-17-42)64(95)78-53(31-43-18-11-8-12-19-43)65(96)83-58(37-85)68(99)75-49(22-15-27-72-69(70)71)60(91)77-54(32-44-23-25-46(88)26-24-44)63(94)76-51(29-39(3)4)62(93)80-55(66(97)82-57(36-84)40(5)86)33-45-35-73-48-21-14-13-20-47(45)48/h8,11-14,18-21,23-26,35,38-39,42,49-58,73,84-85,88H,7,9-10,15-17,22,27-34,36-37H2,1-6H3,(H,74,87)(H,75,99)(H,76,94)(H,77,91)(H,78,95)(H,79,98)(H,80,93)(H,81,92)(H,82,97)(H,83,96)(H,89,90)(H4,70,71,72)/t49-,50?,51+,52+,53+,54+,55+,56+,57+,58-/m1/s1. The molecule has 4 aromatic rings. The second-order valence-corrected chi connectivity index (χ2v) is 25.9. The Morgan fingerprint density at radius 1 is 0.505 bits per heavy atom. The number of benzene rings is 3. The number of hydrogen-bond donors (Lipinski definition) is 17. The summed E-state index contributed by atoms with van der Waals surface area (Å²) >= 11 is 0. The molecule has 540 valence electrons. The fourth-order valence-corrected chi connectivity index (χ4v) is 11.6. The predicted octanol–water partition coefficient (Wildman–Crippen LogP) is -0.0662. The fourth-order valence-electron chi connectivity index (χ4n) is 11.6. The number of H-pyrrole nitrogens is 1. The number of guanidine groups is 1. The van der Waals surface area contributed by atoms with E-state index in [9.17, 15) is 78.0 Å². The van der Waals surface area contributed by atoms with Crippen LogP contribution in [-0.4, -0.2) is 182 Å². The number of para-hydroxylation sites is 1. The molecule has 0 radical (unpaired) electrons. The van der Waals surface area contributed by atoms with E-state index < -0.39 is 151 Å². The number of aliphatic carboxylic acids is 1. The van der Waals surface area contributed by atoms with E-state index in [-0.39, 0.29) is 87.4 Å². The molecule has 0 aliphatic heterocycles. The van der Waals surface area contributed by atoms with Gasteiger partial charge in [-0.25, -0.2) is 0 Å². The Morgan fingerprint density at radius 2 is 0.939 bits per heavy atom. The van der Waals surface area contributed by atoms with Crippen LogP contribution in [0.25, 0.3) is 10.9 Å². The molecule has 10 atom stereocenters. The maximum Gasteiger partial charge on any atom is 0.305 e. The van der Waals surface area contributed by atoms with Crippen LogP contribution in [0.4, 0.5) is 0 Å². The van der Waals surface area contributed by atoms with Crippen LogP contribution in [0.5, 0.6) is 5.75 Å². The van der Waals surface area contributed by atoms with Gasteiger partial charge in [0.05, 0.1) is 19.6 Å². The molecule has 0 bridgehead atoms. The van der Waals surface area contributed by atoms with Gasteiger partial charge >= 0.3 is 5.97 Å². The average Bonchev–Trinajstić information content (AvgIpc) is 1.74. The molecule has 1 fully saturated rings. The number of amides is 10. The fraction of sp³-hybridized carbons (Fsp3) is 0.522. The van der Waals surface area contributed by atoms with Crippen LogP contribution >= 0.6 is 0 Å². The van der Waals surface area contributed by atoms with Gasteiger partial charge in [-0.1, -0.05) is 120 Å². The van der Waals surface area contributed by atoms with Crippen LogP contribution in [0.15, 0.2) is 90.1 Å². The number of carboxylic acid groups (broad SMARTS) is 1. The topological polar surface area (TPSA) is 486 Å². The molecule has 30 nitrogen and oxygen atoms in total. The highest BCUT2D eigenvalue weighted by atomic mass is 16.4. The van der Waals surface area contributed by atoms with Crippen molar-refractivity contribution in [3.63, 3.8) is 0 Å². The molecule has 1 saturated carbocycles. The zero-order chi connectivity index (χ0) is 72.9. The monoisotopic (exact) mass is 1380 g/mol. The molecule has 99 heavy (non-hydrogen) atoms. The van der Waals surface area contributed by atoms with Crippen LogP contribution < -0.4 is 64.6 Å². The Balaban J connectivity index is 1.43. The van der Waals surface area contributed by atoms with Crippen molar-refractivity contribution in [1.29, 1.82) is 0 Å². The third kappa shape index (κ3) is 27.1. The SMILES string of the molecule is CC(=O)NC(CC(C)C)C(=O)N[C@@H](CC(=O)O)C(=O)N[C@@H](CC1CCCCC1)C(=O)N[C@@H](Cc1ccccc1)C(=O)N[C@H](CO)C(=O)N[C@H](CCCN=C(N)N)C(=O)N[C@@H](Cc1ccc(O)cc1)C(=O)N[C@@H](CC(C)C)C(=O)N[C@@H](Cc1c[nH]c2ccccc12)C(=O)N[C@@H](CO)C(C)=O. The van der Waals surface area contributed by atoms with E-state index in [1.807, 2.05) is 18.2 Å². The zero-order valence-corrected chi connectivity index (χ0v) is 56.9. The minimum Gasteiger partial charge on any atom is -0.508 e. The number of fused-ring (bicyclic) bond motifs is 1. The Bertz CT molecular complexity index is 3430. The molecular weight excluding hydrogens is 1280 g/mol. The largest absolute Gasteiger partial charge is 0.508 e. The molecule has 1 aromatic heterocycles. The van der Waals surface area contributed by atoms with Crippen molar-refractivity contribution in [1.82, 2.24) is 58.2 Å². The van der Waals surface area contributed by atoms with E-state index in [1.54, 1.807) is 70.3 Å². The summed E-state index contributed by atoms with van der Waals surface area (Å²) in [5, 5.41) is 67.6. The number of nitrogens with one attached hydrogen (secondary N) is 11. The van der Waals surface area contributed by atoms with Crippen LogP contribution in [-0.2, 0) is 76.8 Å². The number of phenols is 1. The molecule has 1 unspecified atom stereocenters. The van der Waals surface area contributed by atoms with E-state index in [0.29, 0.717) is 29.5 Å². The molecule has 1 heterocycles. The third-order valence-corrected chi connectivity index (χ3v) is 16.7. The summed E-state index contributed by atoms with van der Waals surface area (Å²) in [6.07, 6.45) is 4.09. The molecule has 1 aliphatic rings. The second-order valence-electron chi connectivity index (χ2n) is 25.9. The Labute approximate surface area is 575 Å². The number of aliphatic hydroxyl groups excluding tert-OH is 2. The van der Waals surface area contributed by atoms with Crippen molar-refractivity contribution >= 4 is 87.7 Å². The molecule has 5 rings (SSSR count). The van der Waals surface area contributed by atoms with Gasteiger partial charge in [0.1, 0.15) is 66.2 Å². The molecule has 19 N–H and O–H groups in total. The quantitative estimate of drug-likeness (QED) is 0.0157. The summed E-state index contributed by atoms with van der Waals surface area (Å²) in [5.74, 6) is -11.8. The minimum atomic E-state index is -1.83. The maximum absolute atomic E-state index is 14.8. The Kier molecular flexibility index (Phi) is 32.2. The summed E-state index contributed by atoms with van der Waals surface area (Å²) in [6, 6.07) is 6.47. The number of carboxylic acids is 1. The number of rotatable bonds is 40. The summed E-state index contributed by atoms with van der Waals surface area (Å²) in [5.41, 5.74) is 13.5. The molecule has 1 aliphatic carbocycles. The van der Waals surface area contributed by atoms with Crippen molar-refractivity contribution in [3.05, 3.63) is 102 Å². The van der Waals surface area contributed by atoms with Gasteiger partial charge in [0.2, 0.25) is 59.1 Å². The summed E-state index contributed by atoms with van der Waals surface area (Å²) in [7, 11) is 0. The van der Waals surface area contributed by atoms with Crippen LogP contribution in [0.3, 0.4) is 0 Å². The highest BCUT2D eigenvalue weighted by molar-refractivity contribution is 6.00. The number of aromatic hydroxyl groups is 1. The number of carbonyl (C=O) groups excluding carboxylic acids is 11. The van der Waals surface area contributed by atoms with E-state index in [4.69, 9.17) is 11.5 Å². The van der Waals surface area contributed by atoms with Gasteiger partial charge < -0.3 is 90.0 Å². The van der Waals surface area contributed by atoms with Crippen molar-refractivity contribution in [2.24, 2.45) is 34.2 Å². The lowest BCUT2D eigenvalue weighted by atomic mass is 9.84. The van der Waals surface area contributed by atoms with E-state index in [2.05, 4.69) is 63.1 Å². The first-order chi connectivity index (χ1) is 47.0. The number of aromatic amines is 1. The van der Waals surface area contributed by atoms with Gasteiger partial charge in [0.15, 0.2) is 11.7 Å². The summed E-state index contributed by atoms with van der Waals surface area (Å²) in [4.78, 5) is 174. The molecule has 0 saturated heterocycles. The summed E-state index contributed by atoms with van der Waals surface area (Å²) < 4.78 is 0. The molecule has 3 aromatic carbocycles. The Morgan fingerprint density at radius 3 is 1.47 bits per heavy atom. The molecule has 0 spiro atoms. The number of nitrogens with zero attached hydrogens (tertiary/aromatic N) is 1. The maximum atomic E-state index is 14.8. The van der Waals surface area contributed by atoms with Gasteiger partial charge in [-0.2, -0.15) is 0 Å². The third-order valence-electron chi connectivity index (χ3n) is 16.7. The predicted molar refractivity (Wildman–Crippen MR) is 366 cm³/mol. The van der Waals surface area contributed by atoms with Gasteiger partial charge in [-0.3, -0.25) is 62.5 Å². The number of Topliss-reactive ketones (excluding diaryl/α,β-unsaturated/α-hetero) is 1. The summed E-state index contributed by atoms with van der Waals surface area (Å²) in [6.45, 7) is 7.68. The average molecular weight is 1380 g/mol. The van der Waals surface area contributed by atoms with E-state index in [1.165, 1.54) is 38.1 Å². The highest BCUT2D eigenvalue weighted by Crippen LogP contribution is 2.28. The first kappa shape index (κ1) is 79.7. The lowest BCUT2D eigenvalue weighted by molar-refractivity contribution is -0.141. The molecule has 30 heteroatoms. The normalized spacial score (nSPS) is 15.3. The number of nitrogens with two attached hydrogens (primary N) is 2. The minimum absolute atomic E-state index is 0.00510. The first-order valence-corrected chi connectivity index (χ1v) is 33.4. The first-order valence-electron chi connectivity index (χ1n) is 33.4. The number of aromatic nitrogens is 1. The van der Waals surface area contributed by atoms with Crippen molar-refractivity contribution in [3.8, 4) is 5.75 Å². The highest BCUT2D eigenvalue weighted by Gasteiger charge is 2.38. The van der Waals surface area contributed by atoms with E-state index >= 15 is 0 Å². The van der Waals surface area contributed by atoms with E-state index in [0.717, 1.165) is 30.2 Å². The van der Waals surface area contributed by atoms with Gasteiger partial charge in [0, 0.05) is 49.8 Å². The number of aliphatic imine (C=N–C) groups is 1. The van der Waals surface area contributed by atoms with Crippen LogP contribution in [0, 0.1) is 17.8 Å². The molecule has 10 amide bonds. The zero-order valence-electron chi connectivity index (χ0n) is 56.9. The van der Waals surface area contributed by atoms with Crippen molar-refractivity contribution in [2.45, 2.75) is 192 Å². The number of phenolic OH excluding ortho intramolecular Hbond substituents is 1. The lowest BCUT2D eigenvalue weighted by Crippen LogP contribution is -2.61. The number of hydrogen-bond acceptors (Lipinski definition) is 16. The van der Waals surface area contributed by atoms with Gasteiger partial charge in [-0.15, -0.1) is 0 Å². The van der Waals surface area contributed by atoms with Crippen LogP contribution in [0.2, 0.25) is 0 Å². The smallest absolute Gasteiger partial charge is 0.305 e. The second kappa shape index (κ2) is 40.0. The van der Waals surface area contributed by atoms with Gasteiger partial charge in [0.25, 0.3) is 0 Å². The van der Waals surface area contributed by atoms with Crippen LogP contribution in [0.1, 0.15) is 129 Å². The van der Waals surface area contributed by atoms with Crippen molar-refractivity contribution < 1.29 is 78.0 Å². The number of ketones is 1. The Hall–Kier alpha value is -9.97. The van der Waals surface area contributed by atoms with Gasteiger partial charge in [-0.05, 0) is 91.7 Å².